The fourth-order valence-electron chi connectivity index (χ4n) is 1.58. The zero-order valence-electron chi connectivity index (χ0n) is 10.1. The summed E-state index contributed by atoms with van der Waals surface area (Å²) in [5, 5.41) is 0. The maximum atomic E-state index is 13.6. The van der Waals surface area contributed by atoms with E-state index in [2.05, 4.69) is 9.72 Å². The molecule has 0 saturated heterocycles. The third-order valence-corrected chi connectivity index (χ3v) is 2.57. The van der Waals surface area contributed by atoms with E-state index in [0.717, 1.165) is 19.2 Å². The summed E-state index contributed by atoms with van der Waals surface area (Å²) >= 11 is 0. The van der Waals surface area contributed by atoms with E-state index in [1.807, 2.05) is 0 Å². The van der Waals surface area contributed by atoms with Crippen LogP contribution in [0, 0.1) is 23.3 Å². The molecule has 104 valence electrons. The molecule has 0 spiro atoms. The Labute approximate surface area is 110 Å². The molecule has 0 aliphatic carbocycles. The molecule has 0 N–H and O–H groups in total. The van der Waals surface area contributed by atoms with Crippen LogP contribution in [-0.4, -0.2) is 18.1 Å². The predicted octanol–water partition coefficient (Wildman–Crippen LogP) is 3.09. The van der Waals surface area contributed by atoms with E-state index in [9.17, 15) is 22.4 Å². The second-order valence-corrected chi connectivity index (χ2v) is 3.76. The van der Waals surface area contributed by atoms with Crippen LogP contribution in [0.2, 0.25) is 0 Å². The number of aromatic nitrogens is 1. The summed E-state index contributed by atoms with van der Waals surface area (Å²) in [6.45, 7) is 0. The lowest BCUT2D eigenvalue weighted by Crippen LogP contribution is -2.06. The molecule has 0 unspecified atom stereocenters. The van der Waals surface area contributed by atoms with Crippen LogP contribution < -0.4 is 0 Å². The van der Waals surface area contributed by atoms with Crippen LogP contribution in [-0.2, 0) is 4.74 Å². The average molecular weight is 285 g/mol. The van der Waals surface area contributed by atoms with Gasteiger partial charge in [0.1, 0.15) is 0 Å². The van der Waals surface area contributed by atoms with Crippen molar-refractivity contribution in [3.05, 3.63) is 53.2 Å². The maximum Gasteiger partial charge on any atom is 0.340 e. The van der Waals surface area contributed by atoms with Gasteiger partial charge >= 0.3 is 5.97 Å². The van der Waals surface area contributed by atoms with Gasteiger partial charge in [-0.05, 0) is 18.2 Å². The Kier molecular flexibility index (Phi) is 3.69. The topological polar surface area (TPSA) is 39.2 Å². The molecule has 0 amide bonds. The van der Waals surface area contributed by atoms with Crippen LogP contribution in [0.1, 0.15) is 10.4 Å². The normalized spacial score (nSPS) is 10.4. The van der Waals surface area contributed by atoms with Gasteiger partial charge in [0.25, 0.3) is 0 Å². The Bertz CT molecular complexity index is 688. The van der Waals surface area contributed by atoms with Crippen LogP contribution in [0.25, 0.3) is 11.3 Å². The van der Waals surface area contributed by atoms with Crippen molar-refractivity contribution in [3.63, 3.8) is 0 Å². The summed E-state index contributed by atoms with van der Waals surface area (Å²) in [6, 6.07) is 2.54. The first-order valence-corrected chi connectivity index (χ1v) is 5.33. The molecule has 0 aliphatic heterocycles. The molecule has 1 heterocycles. The Morgan fingerprint density at radius 2 is 1.80 bits per heavy atom. The second kappa shape index (κ2) is 5.28. The zero-order chi connectivity index (χ0) is 14.9. The first kappa shape index (κ1) is 14.0. The number of esters is 1. The van der Waals surface area contributed by atoms with Gasteiger partial charge in [-0.3, -0.25) is 4.98 Å². The number of halogens is 4. The van der Waals surface area contributed by atoms with Crippen LogP contribution in [0.15, 0.2) is 24.4 Å². The number of nitrogens with zero attached hydrogens (tertiary/aromatic N) is 1. The Balaban J connectivity index is 2.60. The molecule has 0 fully saturated rings. The molecule has 0 aliphatic rings. The van der Waals surface area contributed by atoms with E-state index in [-0.39, 0.29) is 5.69 Å². The first-order valence-electron chi connectivity index (χ1n) is 5.33. The molecule has 0 radical (unpaired) electrons. The predicted molar refractivity (Wildman–Crippen MR) is 60.8 cm³/mol. The van der Waals surface area contributed by atoms with Gasteiger partial charge in [-0.15, -0.1) is 0 Å². The highest BCUT2D eigenvalue weighted by atomic mass is 19.2. The van der Waals surface area contributed by atoms with Crippen LogP contribution in [0.4, 0.5) is 17.6 Å². The molecule has 0 saturated carbocycles. The average Bonchev–Trinajstić information content (AvgIpc) is 2.45. The summed E-state index contributed by atoms with van der Waals surface area (Å²) in [7, 11) is 1.04. The lowest BCUT2D eigenvalue weighted by Gasteiger charge is -2.06. The van der Waals surface area contributed by atoms with E-state index < -0.39 is 40.4 Å². The monoisotopic (exact) mass is 285 g/mol. The summed E-state index contributed by atoms with van der Waals surface area (Å²) < 4.78 is 57.3. The summed E-state index contributed by atoms with van der Waals surface area (Å²) in [6.07, 6.45) is 0.669. The summed E-state index contributed by atoms with van der Waals surface area (Å²) in [4.78, 5) is 14.9. The van der Waals surface area contributed by atoms with Crippen LogP contribution >= 0.6 is 0 Å². The second-order valence-electron chi connectivity index (χ2n) is 3.76. The molecule has 1 aromatic carbocycles. The summed E-state index contributed by atoms with van der Waals surface area (Å²) in [5.74, 6) is -6.47. The first-order chi connectivity index (χ1) is 9.45. The molecule has 7 heteroatoms. The molecule has 3 nitrogen and oxygen atoms in total. The zero-order valence-corrected chi connectivity index (χ0v) is 10.1. The minimum atomic E-state index is -1.67. The van der Waals surface area contributed by atoms with Crippen molar-refractivity contribution >= 4 is 5.97 Å². The van der Waals surface area contributed by atoms with Gasteiger partial charge in [0.15, 0.2) is 23.3 Å². The van der Waals surface area contributed by atoms with Crippen molar-refractivity contribution in [1.82, 2.24) is 4.98 Å². The smallest absolute Gasteiger partial charge is 0.340 e. The lowest BCUT2D eigenvalue weighted by atomic mass is 10.1. The number of benzene rings is 1. The quantitative estimate of drug-likeness (QED) is 0.483. The van der Waals surface area contributed by atoms with Gasteiger partial charge in [-0.1, -0.05) is 0 Å². The molecule has 2 rings (SSSR count). The number of carbonyl (C=O) groups excluding carboxylic acids is 1. The third-order valence-electron chi connectivity index (χ3n) is 2.57. The Morgan fingerprint density at radius 3 is 2.45 bits per heavy atom. The number of ether oxygens (including phenoxy) is 1. The molecule has 20 heavy (non-hydrogen) atoms. The molecule has 0 bridgehead atoms. The number of carbonyl (C=O) groups is 1. The highest BCUT2D eigenvalue weighted by Crippen LogP contribution is 2.25. The molecule has 1 aromatic heterocycles. The van der Waals surface area contributed by atoms with Crippen molar-refractivity contribution in [1.29, 1.82) is 0 Å². The number of hydrogen-bond donors (Lipinski definition) is 0. The minimum absolute atomic E-state index is 0.219. The van der Waals surface area contributed by atoms with E-state index in [4.69, 9.17) is 0 Å². The minimum Gasteiger partial charge on any atom is -0.465 e. The number of hydrogen-bond acceptors (Lipinski definition) is 3. The van der Waals surface area contributed by atoms with Crippen molar-refractivity contribution in [2.75, 3.05) is 7.11 Å². The maximum absolute atomic E-state index is 13.6. The Hall–Kier alpha value is -2.44. The van der Waals surface area contributed by atoms with Crippen LogP contribution in [0.5, 0.6) is 0 Å². The standard InChI is InChI=1S/C13H7F4NO2/c1-20-13(19)7-4-10(18-5-9(7)15)6-2-3-8(14)12(17)11(6)16/h2-5H,1H3. The SMILES string of the molecule is COC(=O)c1cc(-c2ccc(F)c(F)c2F)ncc1F. The van der Waals surface area contributed by atoms with Gasteiger partial charge < -0.3 is 4.74 Å². The van der Waals surface area contributed by atoms with E-state index >= 15 is 0 Å². The summed E-state index contributed by atoms with van der Waals surface area (Å²) in [5.41, 5.74) is -1.10. The lowest BCUT2D eigenvalue weighted by molar-refractivity contribution is 0.0595. The molecule has 2 aromatic rings. The van der Waals surface area contributed by atoms with E-state index in [1.54, 1.807) is 0 Å². The largest absolute Gasteiger partial charge is 0.465 e. The van der Waals surface area contributed by atoms with Crippen molar-refractivity contribution in [2.24, 2.45) is 0 Å². The van der Waals surface area contributed by atoms with Crippen molar-refractivity contribution < 1.29 is 27.1 Å². The molecular weight excluding hydrogens is 278 g/mol. The fourth-order valence-corrected chi connectivity index (χ4v) is 1.58. The highest BCUT2D eigenvalue weighted by Gasteiger charge is 2.19. The van der Waals surface area contributed by atoms with E-state index in [1.165, 1.54) is 0 Å². The van der Waals surface area contributed by atoms with Gasteiger partial charge in [-0.25, -0.2) is 22.4 Å². The van der Waals surface area contributed by atoms with Crippen LogP contribution in [0.3, 0.4) is 0 Å². The number of rotatable bonds is 2. The number of methoxy groups -OCH3 is 1. The number of pyridine rings is 1. The highest BCUT2D eigenvalue weighted by molar-refractivity contribution is 5.90. The van der Waals surface area contributed by atoms with Gasteiger partial charge in [0, 0.05) is 5.56 Å². The van der Waals surface area contributed by atoms with Crippen molar-refractivity contribution in [2.45, 2.75) is 0 Å². The Morgan fingerprint density at radius 1 is 1.10 bits per heavy atom. The molecular formula is C13H7F4NO2. The van der Waals surface area contributed by atoms with Gasteiger partial charge in [-0.2, -0.15) is 0 Å². The van der Waals surface area contributed by atoms with Gasteiger partial charge in [0.2, 0.25) is 0 Å². The third kappa shape index (κ3) is 2.34. The molecule has 0 atom stereocenters. The van der Waals surface area contributed by atoms with Crippen molar-refractivity contribution in [3.8, 4) is 11.3 Å². The fraction of sp³-hybridized carbons (Fsp3) is 0.0769. The van der Waals surface area contributed by atoms with Gasteiger partial charge in [0.05, 0.1) is 24.6 Å². The van der Waals surface area contributed by atoms with E-state index in [0.29, 0.717) is 12.3 Å².